The average Bonchev–Trinajstić information content (AvgIpc) is 3.39. The molecule has 0 aromatic heterocycles. The summed E-state index contributed by atoms with van der Waals surface area (Å²) in [5.41, 5.74) is 1.44. The van der Waals surface area contributed by atoms with Gasteiger partial charge in [0.15, 0.2) is 0 Å². The Balaban J connectivity index is 1.50. The Kier molecular flexibility index (Phi) is 6.21. The Morgan fingerprint density at radius 3 is 2.29 bits per heavy atom. The van der Waals surface area contributed by atoms with Crippen molar-refractivity contribution in [1.29, 1.82) is 0 Å². The number of anilines is 1. The predicted molar refractivity (Wildman–Crippen MR) is 120 cm³/mol. The summed E-state index contributed by atoms with van der Waals surface area (Å²) in [6, 6.07) is 7.65. The van der Waals surface area contributed by atoms with Crippen LogP contribution in [0.25, 0.3) is 0 Å². The second kappa shape index (κ2) is 8.89. The highest BCUT2D eigenvalue weighted by molar-refractivity contribution is 5.90. The third kappa shape index (κ3) is 4.14. The Morgan fingerprint density at radius 1 is 0.968 bits per heavy atom. The lowest BCUT2D eigenvalue weighted by atomic mass is 9.75. The molecule has 7 heteroatoms. The molecule has 168 valence electrons. The largest absolute Gasteiger partial charge is 0.342 e. The van der Waals surface area contributed by atoms with Gasteiger partial charge >= 0.3 is 6.03 Å². The molecule has 0 bridgehead atoms. The molecule has 4 rings (SSSR count). The van der Waals surface area contributed by atoms with Gasteiger partial charge in [-0.15, -0.1) is 0 Å². The fourth-order valence-electron chi connectivity index (χ4n) is 5.59. The van der Waals surface area contributed by atoms with Gasteiger partial charge in [0, 0.05) is 51.4 Å². The van der Waals surface area contributed by atoms with Crippen LogP contribution < -0.4 is 5.32 Å². The van der Waals surface area contributed by atoms with Crippen molar-refractivity contribution >= 4 is 23.5 Å². The van der Waals surface area contributed by atoms with Crippen LogP contribution in [0.3, 0.4) is 0 Å². The fourth-order valence-corrected chi connectivity index (χ4v) is 5.59. The zero-order chi connectivity index (χ0) is 22.0. The number of likely N-dealkylation sites (tertiary alicyclic amines) is 3. The quantitative estimate of drug-likeness (QED) is 0.807. The maximum absolute atomic E-state index is 13.6. The summed E-state index contributed by atoms with van der Waals surface area (Å²) >= 11 is 0. The molecule has 3 saturated heterocycles. The van der Waals surface area contributed by atoms with Gasteiger partial charge in [-0.1, -0.05) is 19.1 Å². The van der Waals surface area contributed by atoms with E-state index in [9.17, 15) is 14.4 Å². The van der Waals surface area contributed by atoms with E-state index in [1.807, 2.05) is 39.0 Å². The number of nitrogens with one attached hydrogen (secondary N) is 1. The van der Waals surface area contributed by atoms with E-state index in [-0.39, 0.29) is 23.9 Å². The smallest absolute Gasteiger partial charge is 0.321 e. The van der Waals surface area contributed by atoms with Crippen molar-refractivity contribution in [1.82, 2.24) is 14.7 Å². The van der Waals surface area contributed by atoms with Gasteiger partial charge in [0.25, 0.3) is 0 Å². The maximum atomic E-state index is 13.6. The highest BCUT2D eigenvalue weighted by Crippen LogP contribution is 2.45. The topological polar surface area (TPSA) is 73.0 Å². The van der Waals surface area contributed by atoms with Crippen molar-refractivity contribution in [3.8, 4) is 0 Å². The maximum Gasteiger partial charge on any atom is 0.321 e. The first-order valence-corrected chi connectivity index (χ1v) is 11.7. The van der Waals surface area contributed by atoms with Crippen LogP contribution >= 0.6 is 0 Å². The van der Waals surface area contributed by atoms with Gasteiger partial charge in [0.05, 0.1) is 5.41 Å². The standard InChI is InChI=1S/C24H34N4O3/c1-3-19-6-8-20(9-7-19)25-23(31)27-15-10-21-24(11-16-27,12-17-28(21)18(2)29)22(30)26-13-4-5-14-26/h6-9,21H,3-5,10-17H2,1-2H3,(H,25,31)/t21-,24+/m0/s1. The molecule has 0 spiro atoms. The second-order valence-electron chi connectivity index (χ2n) is 9.14. The van der Waals surface area contributed by atoms with Crippen molar-refractivity contribution in [2.75, 3.05) is 38.0 Å². The third-order valence-corrected chi connectivity index (χ3v) is 7.44. The predicted octanol–water partition coefficient (Wildman–Crippen LogP) is 3.11. The van der Waals surface area contributed by atoms with Crippen molar-refractivity contribution in [2.24, 2.45) is 5.41 Å². The van der Waals surface area contributed by atoms with E-state index in [0.717, 1.165) is 38.0 Å². The lowest BCUT2D eigenvalue weighted by molar-refractivity contribution is -0.144. The molecular formula is C24H34N4O3. The molecule has 3 fully saturated rings. The van der Waals surface area contributed by atoms with E-state index in [1.54, 1.807) is 6.92 Å². The first kappa shape index (κ1) is 21.7. The molecule has 0 radical (unpaired) electrons. The number of carbonyl (C=O) groups excluding carboxylic acids is 3. The van der Waals surface area contributed by atoms with Gasteiger partial charge in [-0.2, -0.15) is 0 Å². The summed E-state index contributed by atoms with van der Waals surface area (Å²) in [5, 5.41) is 3.00. The highest BCUT2D eigenvalue weighted by atomic mass is 16.2. The number of fused-ring (bicyclic) bond motifs is 1. The summed E-state index contributed by atoms with van der Waals surface area (Å²) in [6.07, 6.45) is 5.00. The van der Waals surface area contributed by atoms with Crippen molar-refractivity contribution in [2.45, 2.75) is 58.4 Å². The summed E-state index contributed by atoms with van der Waals surface area (Å²) in [7, 11) is 0. The molecule has 0 saturated carbocycles. The number of hydrogen-bond donors (Lipinski definition) is 1. The monoisotopic (exact) mass is 426 g/mol. The number of hydrogen-bond acceptors (Lipinski definition) is 3. The van der Waals surface area contributed by atoms with Gasteiger partial charge in [-0.05, 0) is 56.2 Å². The molecule has 3 aliphatic rings. The van der Waals surface area contributed by atoms with E-state index in [2.05, 4.69) is 12.2 Å². The van der Waals surface area contributed by atoms with E-state index >= 15 is 0 Å². The lowest BCUT2D eigenvalue weighted by Crippen LogP contribution is -2.51. The molecular weight excluding hydrogens is 392 g/mol. The number of rotatable bonds is 3. The zero-order valence-corrected chi connectivity index (χ0v) is 18.7. The SMILES string of the molecule is CCc1ccc(NC(=O)N2CC[C@@H]3N(C(C)=O)CC[C@]3(C(=O)N3CCCC3)CC2)cc1. The van der Waals surface area contributed by atoms with Crippen LogP contribution in [0.1, 0.15) is 51.5 Å². The van der Waals surface area contributed by atoms with Crippen LogP contribution in [0, 0.1) is 5.41 Å². The van der Waals surface area contributed by atoms with Crippen LogP contribution in [0.5, 0.6) is 0 Å². The summed E-state index contributed by atoms with van der Waals surface area (Å²) in [5.74, 6) is 0.214. The lowest BCUT2D eigenvalue weighted by Gasteiger charge is -2.37. The molecule has 7 nitrogen and oxygen atoms in total. The second-order valence-corrected chi connectivity index (χ2v) is 9.14. The Labute approximate surface area is 184 Å². The molecule has 3 aliphatic heterocycles. The fraction of sp³-hybridized carbons (Fsp3) is 0.625. The van der Waals surface area contributed by atoms with Gasteiger partial charge in [0.1, 0.15) is 0 Å². The first-order chi connectivity index (χ1) is 14.9. The molecule has 0 unspecified atom stereocenters. The minimum Gasteiger partial charge on any atom is -0.342 e. The number of amides is 4. The Hall–Kier alpha value is -2.57. The van der Waals surface area contributed by atoms with Gasteiger partial charge in [0.2, 0.25) is 11.8 Å². The van der Waals surface area contributed by atoms with Crippen molar-refractivity contribution in [3.63, 3.8) is 0 Å². The molecule has 2 atom stereocenters. The van der Waals surface area contributed by atoms with Gasteiger partial charge in [-0.3, -0.25) is 9.59 Å². The summed E-state index contributed by atoms with van der Waals surface area (Å²) < 4.78 is 0. The minimum atomic E-state index is -0.562. The van der Waals surface area contributed by atoms with Gasteiger partial charge < -0.3 is 20.0 Å². The first-order valence-electron chi connectivity index (χ1n) is 11.7. The number of carbonyl (C=O) groups is 3. The molecule has 1 aromatic rings. The molecule has 4 amide bonds. The van der Waals surface area contributed by atoms with E-state index in [1.165, 1.54) is 5.56 Å². The Bertz CT molecular complexity index is 834. The van der Waals surface area contributed by atoms with Crippen molar-refractivity contribution < 1.29 is 14.4 Å². The van der Waals surface area contributed by atoms with Crippen LogP contribution in [-0.4, -0.2) is 71.3 Å². The third-order valence-electron chi connectivity index (χ3n) is 7.44. The van der Waals surface area contributed by atoms with Crippen LogP contribution in [-0.2, 0) is 16.0 Å². The van der Waals surface area contributed by atoms with E-state index < -0.39 is 5.41 Å². The van der Waals surface area contributed by atoms with Crippen LogP contribution in [0.2, 0.25) is 0 Å². The van der Waals surface area contributed by atoms with Gasteiger partial charge in [-0.25, -0.2) is 4.79 Å². The Morgan fingerprint density at radius 2 is 1.65 bits per heavy atom. The highest BCUT2D eigenvalue weighted by Gasteiger charge is 2.55. The number of aryl methyl sites for hydroxylation is 1. The summed E-state index contributed by atoms with van der Waals surface area (Å²) in [4.78, 5) is 44.6. The molecule has 1 N–H and O–H groups in total. The number of urea groups is 1. The molecule has 1 aromatic carbocycles. The van der Waals surface area contributed by atoms with E-state index in [0.29, 0.717) is 38.9 Å². The minimum absolute atomic E-state index is 0.0232. The normalized spacial score (nSPS) is 25.9. The number of benzene rings is 1. The van der Waals surface area contributed by atoms with Crippen molar-refractivity contribution in [3.05, 3.63) is 29.8 Å². The van der Waals surface area contributed by atoms with Crippen LogP contribution in [0.4, 0.5) is 10.5 Å². The zero-order valence-electron chi connectivity index (χ0n) is 18.7. The average molecular weight is 427 g/mol. The number of nitrogens with zero attached hydrogens (tertiary/aromatic N) is 3. The molecule has 3 heterocycles. The summed E-state index contributed by atoms with van der Waals surface area (Å²) in [6.45, 7) is 7.02. The van der Waals surface area contributed by atoms with Crippen LogP contribution in [0.15, 0.2) is 24.3 Å². The molecule has 31 heavy (non-hydrogen) atoms. The van der Waals surface area contributed by atoms with E-state index in [4.69, 9.17) is 0 Å². The molecule has 0 aliphatic carbocycles.